The lowest BCUT2D eigenvalue weighted by Crippen LogP contribution is -1.98. The van der Waals surface area contributed by atoms with E-state index in [4.69, 9.17) is 27.9 Å². The summed E-state index contributed by atoms with van der Waals surface area (Å²) in [5.41, 5.74) is 1.45. The van der Waals surface area contributed by atoms with Crippen LogP contribution < -0.4 is 4.74 Å². The molecule has 0 saturated heterocycles. The van der Waals surface area contributed by atoms with E-state index in [1.165, 1.54) is 12.1 Å². The van der Waals surface area contributed by atoms with Crippen LogP contribution in [0.4, 0.5) is 4.39 Å². The number of alkyl halides is 1. The highest BCUT2D eigenvalue weighted by atomic mass is 35.5. The van der Waals surface area contributed by atoms with Gasteiger partial charge < -0.3 is 4.74 Å². The van der Waals surface area contributed by atoms with E-state index in [2.05, 4.69) is 11.8 Å². The van der Waals surface area contributed by atoms with Crippen LogP contribution in [0.3, 0.4) is 0 Å². The van der Waals surface area contributed by atoms with E-state index >= 15 is 0 Å². The molecule has 0 aromatic heterocycles. The fourth-order valence-electron chi connectivity index (χ4n) is 1.61. The summed E-state index contributed by atoms with van der Waals surface area (Å²) < 4.78 is 19.0. The fraction of sp³-hybridized carbons (Fsp3) is 0.125. The highest BCUT2D eigenvalue weighted by Crippen LogP contribution is 2.20. The topological polar surface area (TPSA) is 9.23 Å². The van der Waals surface area contributed by atoms with Gasteiger partial charge in [0.05, 0.1) is 16.5 Å². The predicted octanol–water partition coefficient (Wildman–Crippen LogP) is 4.65. The summed E-state index contributed by atoms with van der Waals surface area (Å²) in [6.07, 6.45) is 0. The third-order valence-corrected chi connectivity index (χ3v) is 3.00. The molecular formula is C16H11Cl2FO. The van der Waals surface area contributed by atoms with Crippen LogP contribution in [0.5, 0.6) is 5.75 Å². The van der Waals surface area contributed by atoms with Gasteiger partial charge in [0, 0.05) is 0 Å². The Morgan fingerprint density at radius 1 is 1.15 bits per heavy atom. The highest BCUT2D eigenvalue weighted by Gasteiger charge is 2.04. The molecule has 102 valence electrons. The van der Waals surface area contributed by atoms with Gasteiger partial charge in [0.1, 0.15) is 18.2 Å². The SMILES string of the molecule is Fc1cc(COc2ccccc2C#CCCl)ccc1Cl. The quantitative estimate of drug-likeness (QED) is 0.592. The first-order valence-electron chi connectivity index (χ1n) is 5.91. The van der Waals surface area contributed by atoms with Gasteiger partial charge in [-0.1, -0.05) is 41.6 Å². The van der Waals surface area contributed by atoms with Crippen molar-refractivity contribution < 1.29 is 9.13 Å². The van der Waals surface area contributed by atoms with E-state index in [1.807, 2.05) is 24.3 Å². The molecular weight excluding hydrogens is 298 g/mol. The number of rotatable bonds is 3. The second-order valence-corrected chi connectivity index (χ2v) is 4.64. The largest absolute Gasteiger partial charge is 0.488 e. The average Bonchev–Trinajstić information content (AvgIpc) is 2.47. The molecule has 1 nitrogen and oxygen atoms in total. The second kappa shape index (κ2) is 7.19. The molecule has 0 bridgehead atoms. The lowest BCUT2D eigenvalue weighted by Gasteiger charge is -2.08. The number of benzene rings is 2. The Labute approximate surface area is 127 Å². The van der Waals surface area contributed by atoms with E-state index in [0.29, 0.717) is 11.3 Å². The zero-order valence-corrected chi connectivity index (χ0v) is 12.0. The van der Waals surface area contributed by atoms with E-state index < -0.39 is 5.82 Å². The molecule has 0 aliphatic carbocycles. The number of halogens is 3. The Hall–Kier alpha value is -1.69. The van der Waals surface area contributed by atoms with Gasteiger partial charge in [-0.15, -0.1) is 11.6 Å². The van der Waals surface area contributed by atoms with E-state index in [9.17, 15) is 4.39 Å². The van der Waals surface area contributed by atoms with Crippen LogP contribution in [0.25, 0.3) is 0 Å². The molecule has 0 fully saturated rings. The third-order valence-electron chi connectivity index (χ3n) is 2.56. The minimum absolute atomic E-state index is 0.0992. The minimum Gasteiger partial charge on any atom is -0.488 e. The standard InChI is InChI=1S/C16H11Cl2FO/c17-9-3-5-13-4-1-2-6-16(13)20-11-12-7-8-14(18)15(19)10-12/h1-2,4,6-8,10H,9,11H2. The zero-order chi connectivity index (χ0) is 14.4. The molecule has 2 rings (SSSR count). The van der Waals surface area contributed by atoms with Gasteiger partial charge in [-0.2, -0.15) is 0 Å². The molecule has 0 radical (unpaired) electrons. The van der Waals surface area contributed by atoms with Crippen molar-refractivity contribution in [2.75, 3.05) is 5.88 Å². The van der Waals surface area contributed by atoms with Crippen LogP contribution in [-0.2, 0) is 6.61 Å². The van der Waals surface area contributed by atoms with Crippen LogP contribution in [0.1, 0.15) is 11.1 Å². The summed E-state index contributed by atoms with van der Waals surface area (Å²) in [4.78, 5) is 0. The number of ether oxygens (including phenoxy) is 1. The Morgan fingerprint density at radius 2 is 1.95 bits per heavy atom. The van der Waals surface area contributed by atoms with Crippen LogP contribution in [0.2, 0.25) is 5.02 Å². The minimum atomic E-state index is -0.456. The molecule has 4 heteroatoms. The van der Waals surface area contributed by atoms with E-state index in [0.717, 1.165) is 5.56 Å². The maximum absolute atomic E-state index is 13.3. The summed E-state index contributed by atoms with van der Waals surface area (Å²) in [5, 5.41) is 0.0992. The molecule has 0 amide bonds. The third kappa shape index (κ3) is 3.90. The van der Waals surface area contributed by atoms with Gasteiger partial charge in [0.2, 0.25) is 0 Å². The lowest BCUT2D eigenvalue weighted by atomic mass is 10.2. The second-order valence-electron chi connectivity index (χ2n) is 3.97. The number of hydrogen-bond donors (Lipinski definition) is 0. The molecule has 0 spiro atoms. The molecule has 0 aliphatic heterocycles. The van der Waals surface area contributed by atoms with Gasteiger partial charge in [0.15, 0.2) is 0 Å². The van der Waals surface area contributed by atoms with Crippen LogP contribution in [-0.4, -0.2) is 5.88 Å². The lowest BCUT2D eigenvalue weighted by molar-refractivity contribution is 0.305. The van der Waals surface area contributed by atoms with Crippen molar-refractivity contribution in [1.29, 1.82) is 0 Å². The van der Waals surface area contributed by atoms with Crippen molar-refractivity contribution in [1.82, 2.24) is 0 Å². The fourth-order valence-corrected chi connectivity index (χ4v) is 1.80. The Morgan fingerprint density at radius 3 is 2.70 bits per heavy atom. The molecule has 2 aromatic carbocycles. The predicted molar refractivity (Wildman–Crippen MR) is 79.8 cm³/mol. The Balaban J connectivity index is 2.12. The molecule has 2 aromatic rings. The van der Waals surface area contributed by atoms with Gasteiger partial charge in [-0.05, 0) is 29.8 Å². The highest BCUT2D eigenvalue weighted by molar-refractivity contribution is 6.30. The first-order valence-corrected chi connectivity index (χ1v) is 6.82. The van der Waals surface area contributed by atoms with Crippen LogP contribution >= 0.6 is 23.2 Å². The molecule has 0 saturated carbocycles. The monoisotopic (exact) mass is 308 g/mol. The summed E-state index contributed by atoms with van der Waals surface area (Å²) >= 11 is 11.2. The van der Waals surface area contributed by atoms with E-state index in [-0.39, 0.29) is 17.5 Å². The zero-order valence-electron chi connectivity index (χ0n) is 10.5. The van der Waals surface area contributed by atoms with Gasteiger partial charge in [-0.3, -0.25) is 0 Å². The number of para-hydroxylation sites is 1. The first kappa shape index (κ1) is 14.7. The van der Waals surface area contributed by atoms with Crippen molar-refractivity contribution in [3.05, 3.63) is 64.4 Å². The smallest absolute Gasteiger partial charge is 0.142 e. The molecule has 0 aliphatic rings. The average molecular weight is 309 g/mol. The summed E-state index contributed by atoms with van der Waals surface area (Å²) in [5.74, 6) is 6.14. The van der Waals surface area contributed by atoms with Gasteiger partial charge in [-0.25, -0.2) is 4.39 Å². The van der Waals surface area contributed by atoms with Gasteiger partial charge in [0.25, 0.3) is 0 Å². The molecule has 0 heterocycles. The molecule has 0 N–H and O–H groups in total. The van der Waals surface area contributed by atoms with E-state index in [1.54, 1.807) is 6.07 Å². The number of hydrogen-bond acceptors (Lipinski definition) is 1. The van der Waals surface area contributed by atoms with Crippen LogP contribution in [0, 0.1) is 17.7 Å². The summed E-state index contributed by atoms with van der Waals surface area (Å²) in [7, 11) is 0. The van der Waals surface area contributed by atoms with Crippen molar-refractivity contribution in [2.24, 2.45) is 0 Å². The molecule has 0 unspecified atom stereocenters. The maximum atomic E-state index is 13.3. The first-order chi connectivity index (χ1) is 9.70. The van der Waals surface area contributed by atoms with Gasteiger partial charge >= 0.3 is 0 Å². The molecule has 20 heavy (non-hydrogen) atoms. The molecule has 0 atom stereocenters. The Bertz CT molecular complexity index is 659. The van der Waals surface area contributed by atoms with Crippen molar-refractivity contribution >= 4 is 23.2 Å². The normalized spacial score (nSPS) is 9.75. The Kier molecular flexibility index (Phi) is 5.29. The summed E-state index contributed by atoms with van der Waals surface area (Å²) in [6.45, 7) is 0.244. The summed E-state index contributed by atoms with van der Waals surface area (Å²) in [6, 6.07) is 12.0. The van der Waals surface area contributed by atoms with Crippen molar-refractivity contribution in [3.63, 3.8) is 0 Å². The van der Waals surface area contributed by atoms with Crippen molar-refractivity contribution in [2.45, 2.75) is 6.61 Å². The van der Waals surface area contributed by atoms with Crippen LogP contribution in [0.15, 0.2) is 42.5 Å². The van der Waals surface area contributed by atoms with Crippen molar-refractivity contribution in [3.8, 4) is 17.6 Å². The maximum Gasteiger partial charge on any atom is 0.142 e.